The molecule has 0 heterocycles. The van der Waals surface area contributed by atoms with Gasteiger partial charge in [-0.3, -0.25) is 4.79 Å². The fourth-order valence-corrected chi connectivity index (χ4v) is 2.06. The molecule has 0 aliphatic heterocycles. The molecule has 15 heavy (non-hydrogen) atoms. The van der Waals surface area contributed by atoms with Gasteiger partial charge in [-0.25, -0.2) is 0 Å². The number of benzene rings is 1. The molecule has 0 aliphatic carbocycles. The van der Waals surface area contributed by atoms with E-state index in [0.29, 0.717) is 6.29 Å². The summed E-state index contributed by atoms with van der Waals surface area (Å²) in [7, 11) is 0. The number of hydrogen-bond acceptors (Lipinski definition) is 2. The largest absolute Gasteiger partial charge is 0.483 e. The molecule has 1 rings (SSSR count). The molecule has 0 saturated carbocycles. The van der Waals surface area contributed by atoms with Crippen LogP contribution in [0.15, 0.2) is 0 Å². The summed E-state index contributed by atoms with van der Waals surface area (Å²) in [6, 6.07) is 0. The summed E-state index contributed by atoms with van der Waals surface area (Å²) in [5.74, 6) is 0.0461. The molecule has 0 unspecified atom stereocenters. The quantitative estimate of drug-likeness (QED) is 0.466. The monoisotopic (exact) mass is 306 g/mol. The molecule has 2 nitrogen and oxygen atoms in total. The smallest absolute Gasteiger partial charge is 0.160 e. The molecule has 0 saturated heterocycles. The van der Waals surface area contributed by atoms with E-state index in [4.69, 9.17) is 62.7 Å². The van der Waals surface area contributed by atoms with E-state index in [0.717, 1.165) is 0 Å². The van der Waals surface area contributed by atoms with E-state index in [2.05, 4.69) is 0 Å². The van der Waals surface area contributed by atoms with Crippen LogP contribution in [0.2, 0.25) is 25.1 Å². The predicted molar refractivity (Wildman–Crippen MR) is 63.1 cm³/mol. The van der Waals surface area contributed by atoms with E-state index in [1.807, 2.05) is 0 Å². The molecule has 0 spiro atoms. The number of hydrogen-bond donors (Lipinski definition) is 0. The Kier molecular flexibility index (Phi) is 4.81. The number of halogens is 5. The Morgan fingerprint density at radius 1 is 0.867 bits per heavy atom. The second-order valence-corrected chi connectivity index (χ2v) is 4.27. The highest BCUT2D eigenvalue weighted by molar-refractivity contribution is 6.55. The van der Waals surface area contributed by atoms with Crippen LogP contribution in [0.1, 0.15) is 0 Å². The standard InChI is InChI=1S/C8H3Cl5O2/c9-3-4(10)6(12)8(15-2-1-14)7(13)5(3)11/h1H,2H2. The lowest BCUT2D eigenvalue weighted by molar-refractivity contribution is -0.109. The van der Waals surface area contributed by atoms with Crippen LogP contribution in [-0.4, -0.2) is 12.9 Å². The summed E-state index contributed by atoms with van der Waals surface area (Å²) in [5.41, 5.74) is 0. The predicted octanol–water partition coefficient (Wildman–Crippen LogP) is 4.53. The Morgan fingerprint density at radius 2 is 1.27 bits per heavy atom. The summed E-state index contributed by atoms with van der Waals surface area (Å²) < 4.78 is 4.97. The third-order valence-electron chi connectivity index (χ3n) is 1.47. The maximum atomic E-state index is 10.1. The number of rotatable bonds is 3. The van der Waals surface area contributed by atoms with Crippen LogP contribution in [-0.2, 0) is 4.79 Å². The van der Waals surface area contributed by atoms with E-state index in [9.17, 15) is 4.79 Å². The summed E-state index contributed by atoms with van der Waals surface area (Å²) in [6.07, 6.45) is 0.545. The minimum atomic E-state index is -0.201. The zero-order valence-corrected chi connectivity index (χ0v) is 10.8. The third kappa shape index (κ3) is 2.63. The highest BCUT2D eigenvalue weighted by Crippen LogP contribution is 2.48. The van der Waals surface area contributed by atoms with Crippen LogP contribution in [0.25, 0.3) is 0 Å². The minimum absolute atomic E-state index is 0.0258. The molecule has 0 bridgehead atoms. The van der Waals surface area contributed by atoms with Crippen molar-refractivity contribution in [3.63, 3.8) is 0 Å². The average molecular weight is 308 g/mol. The summed E-state index contributed by atoms with van der Waals surface area (Å²) in [6.45, 7) is -0.201. The van der Waals surface area contributed by atoms with Gasteiger partial charge in [0, 0.05) is 0 Å². The summed E-state index contributed by atoms with van der Waals surface area (Å²) in [5, 5.41) is 0.171. The molecule has 1 aromatic rings. The number of aldehydes is 1. The van der Waals surface area contributed by atoms with Crippen LogP contribution in [0.3, 0.4) is 0 Å². The molecular weight excluding hydrogens is 305 g/mol. The lowest BCUT2D eigenvalue weighted by Crippen LogP contribution is -1.99. The molecular formula is C8H3Cl5O2. The van der Waals surface area contributed by atoms with Crippen molar-refractivity contribution in [1.82, 2.24) is 0 Å². The first-order valence-corrected chi connectivity index (χ1v) is 5.47. The highest BCUT2D eigenvalue weighted by Gasteiger charge is 2.20. The molecule has 7 heteroatoms. The van der Waals surface area contributed by atoms with Crippen LogP contribution in [0.4, 0.5) is 0 Å². The first-order chi connectivity index (χ1) is 7.00. The molecule has 0 aromatic heterocycles. The second kappa shape index (κ2) is 5.46. The van der Waals surface area contributed by atoms with Gasteiger partial charge in [0.15, 0.2) is 12.0 Å². The highest BCUT2D eigenvalue weighted by atomic mass is 35.5. The van der Waals surface area contributed by atoms with Crippen molar-refractivity contribution in [2.75, 3.05) is 6.61 Å². The molecule has 0 radical (unpaired) electrons. The zero-order valence-electron chi connectivity index (χ0n) is 6.99. The fraction of sp³-hybridized carbons (Fsp3) is 0.125. The van der Waals surface area contributed by atoms with Gasteiger partial charge in [-0.1, -0.05) is 58.0 Å². The van der Waals surface area contributed by atoms with Gasteiger partial charge in [-0.05, 0) is 0 Å². The van der Waals surface area contributed by atoms with Crippen molar-refractivity contribution in [3.05, 3.63) is 25.1 Å². The Labute approximate surface area is 111 Å². The van der Waals surface area contributed by atoms with Crippen molar-refractivity contribution in [1.29, 1.82) is 0 Å². The summed E-state index contributed by atoms with van der Waals surface area (Å²) in [4.78, 5) is 10.1. The minimum Gasteiger partial charge on any atom is -0.483 e. The van der Waals surface area contributed by atoms with E-state index in [1.165, 1.54) is 0 Å². The Bertz CT molecular complexity index is 376. The van der Waals surface area contributed by atoms with Crippen LogP contribution in [0, 0.1) is 0 Å². The van der Waals surface area contributed by atoms with E-state index >= 15 is 0 Å². The number of carbonyl (C=O) groups is 1. The van der Waals surface area contributed by atoms with Crippen LogP contribution >= 0.6 is 58.0 Å². The van der Waals surface area contributed by atoms with Gasteiger partial charge < -0.3 is 4.74 Å². The maximum Gasteiger partial charge on any atom is 0.160 e. The van der Waals surface area contributed by atoms with Gasteiger partial charge in [0.05, 0.1) is 15.1 Å². The maximum absolute atomic E-state index is 10.1. The van der Waals surface area contributed by atoms with Gasteiger partial charge >= 0.3 is 0 Å². The number of carbonyl (C=O) groups excluding carboxylic acids is 1. The van der Waals surface area contributed by atoms with Gasteiger partial charge in [-0.2, -0.15) is 0 Å². The van der Waals surface area contributed by atoms with Crippen LogP contribution < -0.4 is 4.74 Å². The first kappa shape index (κ1) is 13.2. The number of ether oxygens (including phenoxy) is 1. The van der Waals surface area contributed by atoms with E-state index in [-0.39, 0.29) is 37.5 Å². The molecule has 0 aliphatic rings. The van der Waals surface area contributed by atoms with Gasteiger partial charge in [-0.15, -0.1) is 0 Å². The van der Waals surface area contributed by atoms with Gasteiger partial charge in [0.25, 0.3) is 0 Å². The fourth-order valence-electron chi connectivity index (χ4n) is 0.829. The second-order valence-electron chi connectivity index (χ2n) is 2.38. The SMILES string of the molecule is O=CCOc1c(Cl)c(Cl)c(Cl)c(Cl)c1Cl. The van der Waals surface area contributed by atoms with Crippen molar-refractivity contribution >= 4 is 64.3 Å². The van der Waals surface area contributed by atoms with Crippen molar-refractivity contribution in [3.8, 4) is 5.75 Å². The molecule has 0 atom stereocenters. The van der Waals surface area contributed by atoms with Crippen molar-refractivity contribution in [2.45, 2.75) is 0 Å². The van der Waals surface area contributed by atoms with E-state index < -0.39 is 0 Å². The van der Waals surface area contributed by atoms with Crippen molar-refractivity contribution in [2.24, 2.45) is 0 Å². The molecule has 1 aromatic carbocycles. The topological polar surface area (TPSA) is 26.3 Å². The van der Waals surface area contributed by atoms with Gasteiger partial charge in [0.1, 0.15) is 16.7 Å². The molecule has 0 fully saturated rings. The third-order valence-corrected chi connectivity index (χ3v) is 3.71. The van der Waals surface area contributed by atoms with E-state index in [1.54, 1.807) is 0 Å². The van der Waals surface area contributed by atoms with Crippen LogP contribution in [0.5, 0.6) is 5.75 Å². The Morgan fingerprint density at radius 3 is 1.67 bits per heavy atom. The lowest BCUT2D eigenvalue weighted by atomic mass is 10.3. The van der Waals surface area contributed by atoms with Gasteiger partial charge in [0.2, 0.25) is 0 Å². The molecule has 0 amide bonds. The molecule has 82 valence electrons. The Hall–Kier alpha value is 0.140. The Balaban J connectivity index is 3.31. The molecule has 0 N–H and O–H groups in total. The normalized spacial score (nSPS) is 10.2. The zero-order chi connectivity index (χ0) is 11.6. The van der Waals surface area contributed by atoms with Crippen molar-refractivity contribution < 1.29 is 9.53 Å². The average Bonchev–Trinajstić information content (AvgIpc) is 2.24. The summed E-state index contributed by atoms with van der Waals surface area (Å²) >= 11 is 28.9. The first-order valence-electron chi connectivity index (χ1n) is 3.58. The lowest BCUT2D eigenvalue weighted by Gasteiger charge is -2.11.